The molecule has 4 N–H and O–H groups in total. The molecule has 5 atom stereocenters. The van der Waals surface area contributed by atoms with Gasteiger partial charge in [-0.05, 0) is 81.0 Å². The van der Waals surface area contributed by atoms with E-state index in [1.54, 1.807) is 24.3 Å². The van der Waals surface area contributed by atoms with Crippen LogP contribution in [0.2, 0.25) is 0 Å². The van der Waals surface area contributed by atoms with Crippen molar-refractivity contribution in [2.24, 2.45) is 35.3 Å². The Labute approximate surface area is 223 Å². The first-order valence-corrected chi connectivity index (χ1v) is 13.6. The van der Waals surface area contributed by atoms with Crippen LogP contribution in [0.4, 0.5) is 0 Å². The van der Waals surface area contributed by atoms with Crippen LogP contribution in [0.5, 0.6) is 11.5 Å². The van der Waals surface area contributed by atoms with E-state index in [0.717, 1.165) is 12.8 Å². The average molecular weight is 519 g/mol. The lowest BCUT2D eigenvalue weighted by Crippen LogP contribution is -2.40. The number of ketones is 1. The summed E-state index contributed by atoms with van der Waals surface area (Å²) in [5.41, 5.74) is 6.72. The Bertz CT molecular complexity index is 1290. The fourth-order valence-corrected chi connectivity index (χ4v) is 6.20. The molecule has 202 valence electrons. The van der Waals surface area contributed by atoms with Crippen LogP contribution < -0.4 is 16.0 Å². The molecule has 1 aromatic heterocycles. The van der Waals surface area contributed by atoms with Crippen LogP contribution in [-0.4, -0.2) is 28.4 Å². The summed E-state index contributed by atoms with van der Waals surface area (Å²) in [6.45, 7) is 6.72. The second kappa shape index (κ2) is 11.9. The highest BCUT2D eigenvalue weighted by molar-refractivity contribution is 6.03. The van der Waals surface area contributed by atoms with Crippen molar-refractivity contribution in [3.63, 3.8) is 0 Å². The number of carbonyl (C=O) groups excluding carboxylic acids is 2. The average Bonchev–Trinajstić information content (AvgIpc) is 2.89. The van der Waals surface area contributed by atoms with E-state index in [1.807, 2.05) is 19.1 Å². The van der Waals surface area contributed by atoms with Gasteiger partial charge in [-0.3, -0.25) is 14.4 Å². The number of hydrogen-bond acceptors (Lipinski definition) is 6. The molecule has 2 aliphatic carbocycles. The lowest BCUT2D eigenvalue weighted by atomic mass is 9.59. The molecule has 0 unspecified atom stereocenters. The van der Waals surface area contributed by atoms with Gasteiger partial charge in [0.05, 0.1) is 0 Å². The Kier molecular flexibility index (Phi) is 8.67. The van der Waals surface area contributed by atoms with Crippen LogP contribution >= 0.6 is 0 Å². The third kappa shape index (κ3) is 5.68. The SMILES string of the molecule is C/C=C/[C@@H]1[C@H]2C[C@@H](C)CC[C@@H]2C(C)=C[C@H]1C(=O)c1c(O)c(-c2ccc(OC(=O)CCCN)cc2)c[nH]c1=O. The topological polar surface area (TPSA) is 122 Å². The van der Waals surface area contributed by atoms with Crippen LogP contribution in [-0.2, 0) is 4.79 Å². The third-order valence-electron chi connectivity index (χ3n) is 8.11. The molecule has 0 saturated heterocycles. The number of esters is 1. The lowest BCUT2D eigenvalue weighted by Gasteiger charge is -2.45. The number of carbonyl (C=O) groups is 2. The van der Waals surface area contributed by atoms with Gasteiger partial charge < -0.3 is 20.6 Å². The smallest absolute Gasteiger partial charge is 0.311 e. The van der Waals surface area contributed by atoms with Crippen molar-refractivity contribution < 1.29 is 19.4 Å². The van der Waals surface area contributed by atoms with Gasteiger partial charge in [0.1, 0.15) is 17.1 Å². The number of nitrogens with two attached hydrogens (primary N) is 1. The van der Waals surface area contributed by atoms with E-state index in [4.69, 9.17) is 10.5 Å². The molecule has 0 amide bonds. The molecule has 1 saturated carbocycles. The maximum Gasteiger partial charge on any atom is 0.311 e. The molecule has 7 heteroatoms. The first-order chi connectivity index (χ1) is 18.2. The number of aromatic amines is 1. The highest BCUT2D eigenvalue weighted by Gasteiger charge is 2.43. The summed E-state index contributed by atoms with van der Waals surface area (Å²) in [5.74, 6) is 0.110. The molecule has 0 radical (unpaired) electrons. The van der Waals surface area contributed by atoms with E-state index in [1.165, 1.54) is 18.2 Å². The standard InChI is InChI=1S/C31H38N2O5/c1-4-6-23-24-15-18(2)8-13-22(24)19(3)16-25(23)29(35)28-30(36)26(17-33-31(28)37)20-9-11-21(12-10-20)38-27(34)7-5-14-32/h4,6,9-12,16-18,22-25H,5,7-8,13-15,32H2,1-3H3,(H2,33,36,37)/b6-4+/t18-,22+,23+,24-,25+/m0/s1. The van der Waals surface area contributed by atoms with Crippen molar-refractivity contribution >= 4 is 11.8 Å². The number of Topliss-reactive ketones (excluding diaryl/α,β-unsaturated/α-hetero) is 1. The largest absolute Gasteiger partial charge is 0.506 e. The summed E-state index contributed by atoms with van der Waals surface area (Å²) in [4.78, 5) is 41.4. The number of benzene rings is 1. The Hall–Kier alpha value is -3.45. The first kappa shape index (κ1) is 27.6. The number of H-pyrrole nitrogens is 1. The van der Waals surface area contributed by atoms with E-state index in [0.29, 0.717) is 47.6 Å². The number of allylic oxidation sites excluding steroid dienone is 4. The van der Waals surface area contributed by atoms with Crippen molar-refractivity contribution in [1.29, 1.82) is 0 Å². The van der Waals surface area contributed by atoms with Gasteiger partial charge in [-0.1, -0.05) is 49.3 Å². The van der Waals surface area contributed by atoms with Crippen LogP contribution in [0, 0.1) is 29.6 Å². The third-order valence-corrected chi connectivity index (χ3v) is 8.11. The summed E-state index contributed by atoms with van der Waals surface area (Å²) >= 11 is 0. The zero-order chi connectivity index (χ0) is 27.4. The fraction of sp³-hybridized carbons (Fsp3) is 0.452. The van der Waals surface area contributed by atoms with Gasteiger partial charge >= 0.3 is 5.97 Å². The predicted molar refractivity (Wildman–Crippen MR) is 148 cm³/mol. The molecule has 38 heavy (non-hydrogen) atoms. The summed E-state index contributed by atoms with van der Waals surface area (Å²) in [6, 6.07) is 6.58. The van der Waals surface area contributed by atoms with Crippen LogP contribution in [0.25, 0.3) is 11.1 Å². The molecule has 4 rings (SSSR count). The summed E-state index contributed by atoms with van der Waals surface area (Å²) in [7, 11) is 0. The van der Waals surface area contributed by atoms with Crippen LogP contribution in [0.15, 0.2) is 59.1 Å². The summed E-state index contributed by atoms with van der Waals surface area (Å²) in [6.07, 6.45) is 11.6. The van der Waals surface area contributed by atoms with E-state index >= 15 is 0 Å². The number of ether oxygens (including phenoxy) is 1. The van der Waals surface area contributed by atoms with Gasteiger partial charge in [-0.15, -0.1) is 0 Å². The number of aromatic hydroxyl groups is 1. The second-order valence-electron chi connectivity index (χ2n) is 10.7. The van der Waals surface area contributed by atoms with Gasteiger partial charge in [0.15, 0.2) is 5.78 Å². The van der Waals surface area contributed by atoms with E-state index < -0.39 is 11.5 Å². The monoisotopic (exact) mass is 518 g/mol. The van der Waals surface area contributed by atoms with Crippen molar-refractivity contribution in [3.8, 4) is 22.6 Å². The quantitative estimate of drug-likeness (QED) is 0.186. The number of fused-ring (bicyclic) bond motifs is 1. The number of nitrogens with one attached hydrogen (secondary N) is 1. The van der Waals surface area contributed by atoms with Gasteiger partial charge in [-0.25, -0.2) is 0 Å². The van der Waals surface area contributed by atoms with Gasteiger partial charge in [-0.2, -0.15) is 0 Å². The zero-order valence-corrected chi connectivity index (χ0v) is 22.4. The molecular weight excluding hydrogens is 480 g/mol. The molecule has 0 aliphatic heterocycles. The predicted octanol–water partition coefficient (Wildman–Crippen LogP) is 5.40. The van der Waals surface area contributed by atoms with Gasteiger partial charge in [0.2, 0.25) is 0 Å². The number of aromatic nitrogens is 1. The normalized spacial score (nSPS) is 25.1. The van der Waals surface area contributed by atoms with Crippen molar-refractivity contribution in [1.82, 2.24) is 4.98 Å². The molecule has 1 fully saturated rings. The highest BCUT2D eigenvalue weighted by atomic mass is 16.5. The number of hydrogen-bond donors (Lipinski definition) is 3. The molecule has 0 spiro atoms. The van der Waals surface area contributed by atoms with Crippen LogP contribution in [0.1, 0.15) is 63.2 Å². The number of rotatable bonds is 8. The lowest BCUT2D eigenvalue weighted by molar-refractivity contribution is -0.134. The molecular formula is C31H38N2O5. The molecule has 1 aromatic carbocycles. The van der Waals surface area contributed by atoms with Crippen molar-refractivity contribution in [2.75, 3.05) is 6.54 Å². The Morgan fingerprint density at radius 1 is 1.21 bits per heavy atom. The van der Waals surface area contributed by atoms with Crippen LogP contribution in [0.3, 0.4) is 0 Å². The minimum atomic E-state index is -0.605. The van der Waals surface area contributed by atoms with Gasteiger partial charge in [0.25, 0.3) is 5.56 Å². The summed E-state index contributed by atoms with van der Waals surface area (Å²) < 4.78 is 5.31. The fourth-order valence-electron chi connectivity index (χ4n) is 6.20. The molecule has 7 nitrogen and oxygen atoms in total. The minimum Gasteiger partial charge on any atom is -0.506 e. The van der Waals surface area contributed by atoms with Crippen molar-refractivity contribution in [3.05, 3.63) is 70.2 Å². The van der Waals surface area contributed by atoms with E-state index in [2.05, 4.69) is 24.9 Å². The van der Waals surface area contributed by atoms with E-state index in [-0.39, 0.29) is 35.4 Å². The zero-order valence-electron chi connectivity index (χ0n) is 22.4. The molecule has 2 aromatic rings. The molecule has 0 bridgehead atoms. The Balaban J connectivity index is 1.66. The second-order valence-corrected chi connectivity index (χ2v) is 10.7. The van der Waals surface area contributed by atoms with E-state index in [9.17, 15) is 19.5 Å². The summed E-state index contributed by atoms with van der Waals surface area (Å²) in [5, 5.41) is 11.2. The minimum absolute atomic E-state index is 0.0281. The van der Waals surface area contributed by atoms with Crippen molar-refractivity contribution in [2.45, 2.75) is 52.9 Å². The Morgan fingerprint density at radius 2 is 1.95 bits per heavy atom. The molecule has 1 heterocycles. The van der Waals surface area contributed by atoms with Gasteiger partial charge in [0, 0.05) is 24.1 Å². The number of pyridine rings is 1. The highest BCUT2D eigenvalue weighted by Crippen LogP contribution is 2.49. The maximum absolute atomic E-state index is 13.9. The maximum atomic E-state index is 13.9. The molecule has 2 aliphatic rings. The Morgan fingerprint density at radius 3 is 2.63 bits per heavy atom. The first-order valence-electron chi connectivity index (χ1n) is 13.6.